The molecule has 24 heavy (non-hydrogen) atoms. The van der Waals surface area contributed by atoms with Crippen molar-refractivity contribution in [3.63, 3.8) is 0 Å². The number of ether oxygens (including phenoxy) is 1. The van der Waals surface area contributed by atoms with Crippen LogP contribution in [0.4, 0.5) is 5.69 Å². The van der Waals surface area contributed by atoms with Crippen molar-refractivity contribution in [2.24, 2.45) is 5.92 Å². The molecule has 1 saturated carbocycles. The van der Waals surface area contributed by atoms with Gasteiger partial charge in [0.2, 0.25) is 10.0 Å². The van der Waals surface area contributed by atoms with Crippen LogP contribution in [0.2, 0.25) is 0 Å². The van der Waals surface area contributed by atoms with E-state index in [0.717, 1.165) is 0 Å². The van der Waals surface area contributed by atoms with Gasteiger partial charge in [-0.15, -0.1) is 0 Å². The standard InChI is InChI=1S/C15H20N2O5S2/c1-11-8-15(11,10-22-3)24(20,21)17-13-4-6-14(7-5-13)23(18,19)12(2)9-16/h4-7,11-12,17H,8,10H2,1-3H3/t11-,12?,15+/m0/s1. The third-order valence-corrected chi connectivity index (χ3v) is 8.62. The van der Waals surface area contributed by atoms with Gasteiger partial charge < -0.3 is 4.74 Å². The van der Waals surface area contributed by atoms with E-state index in [4.69, 9.17) is 10.00 Å². The first-order chi connectivity index (χ1) is 11.1. The molecule has 1 aliphatic rings. The largest absolute Gasteiger partial charge is 0.383 e. The third kappa shape index (κ3) is 3.14. The lowest BCUT2D eigenvalue weighted by Crippen LogP contribution is -2.35. The minimum absolute atomic E-state index is 0.00826. The Balaban J connectivity index is 2.23. The number of hydrogen-bond acceptors (Lipinski definition) is 6. The van der Waals surface area contributed by atoms with Crippen molar-refractivity contribution in [3.05, 3.63) is 24.3 Å². The molecule has 1 aromatic rings. The summed E-state index contributed by atoms with van der Waals surface area (Å²) in [5.41, 5.74) is 0.271. The molecule has 2 rings (SSSR count). The molecule has 1 fully saturated rings. The lowest BCUT2D eigenvalue weighted by atomic mass is 10.3. The maximum Gasteiger partial charge on any atom is 0.241 e. The number of benzene rings is 1. The number of nitrogens with one attached hydrogen (secondary N) is 1. The average Bonchev–Trinajstić information content (AvgIpc) is 3.19. The number of sulfone groups is 1. The number of anilines is 1. The van der Waals surface area contributed by atoms with Crippen LogP contribution in [-0.2, 0) is 24.6 Å². The number of rotatable bonds is 7. The van der Waals surface area contributed by atoms with Gasteiger partial charge in [0.05, 0.1) is 17.6 Å². The fourth-order valence-electron chi connectivity index (χ4n) is 2.60. The molecule has 1 unspecified atom stereocenters. The first-order valence-electron chi connectivity index (χ1n) is 7.35. The van der Waals surface area contributed by atoms with Crippen molar-refractivity contribution in [1.82, 2.24) is 0 Å². The Kier molecular flexibility index (Phi) is 4.95. The fraction of sp³-hybridized carbons (Fsp3) is 0.533. The summed E-state index contributed by atoms with van der Waals surface area (Å²) >= 11 is 0. The topological polar surface area (TPSA) is 113 Å². The molecule has 0 amide bonds. The molecular weight excluding hydrogens is 352 g/mol. The predicted molar refractivity (Wildman–Crippen MR) is 89.6 cm³/mol. The second-order valence-corrected chi connectivity index (χ2v) is 10.3. The summed E-state index contributed by atoms with van der Waals surface area (Å²) in [7, 11) is -5.94. The fourth-order valence-corrected chi connectivity index (χ4v) is 5.58. The highest BCUT2D eigenvalue weighted by molar-refractivity contribution is 7.94. The molecule has 0 aliphatic heterocycles. The molecule has 1 aromatic carbocycles. The Labute approximate surface area is 142 Å². The van der Waals surface area contributed by atoms with Crippen molar-refractivity contribution in [2.45, 2.75) is 35.2 Å². The smallest absolute Gasteiger partial charge is 0.241 e. The number of methoxy groups -OCH3 is 1. The van der Waals surface area contributed by atoms with Crippen molar-refractivity contribution >= 4 is 25.5 Å². The molecular formula is C15H20N2O5S2. The van der Waals surface area contributed by atoms with Crippen LogP contribution in [0.5, 0.6) is 0 Å². The number of nitriles is 1. The third-order valence-electron chi connectivity index (χ3n) is 4.40. The molecule has 0 bridgehead atoms. The molecule has 0 saturated heterocycles. The molecule has 0 aromatic heterocycles. The van der Waals surface area contributed by atoms with Crippen LogP contribution in [0, 0.1) is 17.2 Å². The van der Waals surface area contributed by atoms with Gasteiger partial charge in [-0.05, 0) is 43.5 Å². The summed E-state index contributed by atoms with van der Waals surface area (Å²) in [5, 5.41) is 7.61. The summed E-state index contributed by atoms with van der Waals surface area (Å²) in [5.74, 6) is -0.00826. The van der Waals surface area contributed by atoms with E-state index in [9.17, 15) is 16.8 Å². The molecule has 0 radical (unpaired) electrons. The minimum atomic E-state index is -3.74. The van der Waals surface area contributed by atoms with Crippen LogP contribution in [-0.4, -0.2) is 40.5 Å². The second-order valence-electron chi connectivity index (χ2n) is 6.05. The zero-order valence-electron chi connectivity index (χ0n) is 13.7. The van der Waals surface area contributed by atoms with Gasteiger partial charge in [-0.3, -0.25) is 4.72 Å². The molecule has 0 spiro atoms. The zero-order chi connectivity index (χ0) is 18.2. The molecule has 1 N–H and O–H groups in total. The van der Waals surface area contributed by atoms with Gasteiger partial charge >= 0.3 is 0 Å². The van der Waals surface area contributed by atoms with Gasteiger partial charge in [0.25, 0.3) is 0 Å². The molecule has 1 aliphatic carbocycles. The number of hydrogen-bond donors (Lipinski definition) is 1. The summed E-state index contributed by atoms with van der Waals surface area (Å²) < 4.78 is 55.9. The van der Waals surface area contributed by atoms with Crippen LogP contribution < -0.4 is 4.72 Å². The van der Waals surface area contributed by atoms with E-state index in [1.807, 2.05) is 6.92 Å². The van der Waals surface area contributed by atoms with E-state index in [2.05, 4.69) is 4.72 Å². The summed E-state index contributed by atoms with van der Waals surface area (Å²) in [4.78, 5) is -0.0223. The summed E-state index contributed by atoms with van der Waals surface area (Å²) in [6.45, 7) is 3.25. The molecule has 3 atom stereocenters. The Hall–Kier alpha value is -1.63. The Morgan fingerprint density at radius 1 is 1.33 bits per heavy atom. The Bertz CT molecular complexity index is 856. The Morgan fingerprint density at radius 3 is 2.29 bits per heavy atom. The van der Waals surface area contributed by atoms with Crippen LogP contribution in [0.15, 0.2) is 29.2 Å². The normalized spacial score (nSPS) is 24.8. The van der Waals surface area contributed by atoms with Crippen molar-refractivity contribution in [1.29, 1.82) is 5.26 Å². The highest BCUT2D eigenvalue weighted by Gasteiger charge is 2.61. The lowest BCUT2D eigenvalue weighted by molar-refractivity contribution is 0.188. The molecule has 9 heteroatoms. The maximum atomic E-state index is 12.6. The first kappa shape index (κ1) is 18.7. The van der Waals surface area contributed by atoms with Gasteiger partial charge in [-0.2, -0.15) is 5.26 Å². The van der Waals surface area contributed by atoms with Crippen molar-refractivity contribution in [3.8, 4) is 6.07 Å². The highest BCUT2D eigenvalue weighted by Crippen LogP contribution is 2.50. The van der Waals surface area contributed by atoms with Crippen molar-refractivity contribution < 1.29 is 21.6 Å². The summed E-state index contributed by atoms with van der Waals surface area (Å²) in [6, 6.07) is 7.03. The average molecular weight is 372 g/mol. The van der Waals surface area contributed by atoms with E-state index in [1.165, 1.54) is 38.3 Å². The highest BCUT2D eigenvalue weighted by atomic mass is 32.2. The quantitative estimate of drug-likeness (QED) is 0.777. The van der Waals surface area contributed by atoms with Gasteiger partial charge in [0, 0.05) is 12.8 Å². The van der Waals surface area contributed by atoms with Crippen LogP contribution in [0.25, 0.3) is 0 Å². The van der Waals surface area contributed by atoms with E-state index >= 15 is 0 Å². The van der Waals surface area contributed by atoms with Crippen LogP contribution in [0.1, 0.15) is 20.3 Å². The number of nitrogens with zero attached hydrogens (tertiary/aromatic N) is 1. The van der Waals surface area contributed by atoms with E-state index in [1.54, 1.807) is 6.07 Å². The molecule has 7 nitrogen and oxygen atoms in total. The van der Waals surface area contributed by atoms with Crippen molar-refractivity contribution in [2.75, 3.05) is 18.4 Å². The Morgan fingerprint density at radius 2 is 1.88 bits per heavy atom. The lowest BCUT2D eigenvalue weighted by Gasteiger charge is -2.18. The van der Waals surface area contributed by atoms with Gasteiger partial charge in [-0.1, -0.05) is 6.92 Å². The maximum absolute atomic E-state index is 12.6. The van der Waals surface area contributed by atoms with E-state index in [-0.39, 0.29) is 23.1 Å². The summed E-state index contributed by atoms with van der Waals surface area (Å²) in [6.07, 6.45) is 0.516. The van der Waals surface area contributed by atoms with Crippen LogP contribution >= 0.6 is 0 Å². The van der Waals surface area contributed by atoms with Gasteiger partial charge in [-0.25, -0.2) is 16.8 Å². The second kappa shape index (κ2) is 6.35. The molecule has 0 heterocycles. The number of sulfonamides is 1. The predicted octanol–water partition coefficient (Wildman–Crippen LogP) is 1.54. The van der Waals surface area contributed by atoms with E-state index < -0.39 is 29.9 Å². The van der Waals surface area contributed by atoms with E-state index in [0.29, 0.717) is 6.42 Å². The zero-order valence-corrected chi connectivity index (χ0v) is 15.3. The van der Waals surface area contributed by atoms with Gasteiger partial charge in [0.15, 0.2) is 9.84 Å². The van der Waals surface area contributed by atoms with Gasteiger partial charge in [0.1, 0.15) is 10.00 Å². The minimum Gasteiger partial charge on any atom is -0.383 e. The van der Waals surface area contributed by atoms with Crippen LogP contribution in [0.3, 0.4) is 0 Å². The SMILES string of the molecule is COC[C@]1(S(=O)(=O)Nc2ccc(S(=O)(=O)C(C)C#N)cc2)C[C@@H]1C. The monoisotopic (exact) mass is 372 g/mol. The first-order valence-corrected chi connectivity index (χ1v) is 10.4. The molecule has 132 valence electrons.